The maximum absolute atomic E-state index is 12.0. The van der Waals surface area contributed by atoms with Crippen molar-refractivity contribution < 1.29 is 4.74 Å². The van der Waals surface area contributed by atoms with Gasteiger partial charge in [-0.2, -0.15) is 0 Å². The standard InChI is InChI=1S/C14H23N3O2/c1-8(15-7-12-5-6-19-10(12)3)13-9(2)16-11(4)17-14(13)18/h8,10,12,15H,5-7H2,1-4H3,(H,16,17,18). The number of nitrogens with one attached hydrogen (secondary N) is 2. The highest BCUT2D eigenvalue weighted by Crippen LogP contribution is 2.20. The summed E-state index contributed by atoms with van der Waals surface area (Å²) >= 11 is 0. The molecule has 2 heterocycles. The van der Waals surface area contributed by atoms with Gasteiger partial charge in [-0.15, -0.1) is 0 Å². The fourth-order valence-corrected chi connectivity index (χ4v) is 2.72. The van der Waals surface area contributed by atoms with Gasteiger partial charge in [-0.1, -0.05) is 0 Å². The zero-order chi connectivity index (χ0) is 14.0. The van der Waals surface area contributed by atoms with Crippen LogP contribution in [0.2, 0.25) is 0 Å². The second-order valence-corrected chi connectivity index (χ2v) is 5.41. The fraction of sp³-hybridized carbons (Fsp3) is 0.714. The molecule has 2 N–H and O–H groups in total. The largest absolute Gasteiger partial charge is 0.378 e. The fourth-order valence-electron chi connectivity index (χ4n) is 2.72. The van der Waals surface area contributed by atoms with Crippen LogP contribution in [-0.4, -0.2) is 29.2 Å². The van der Waals surface area contributed by atoms with Crippen LogP contribution in [0.1, 0.15) is 43.4 Å². The molecule has 1 aromatic rings. The predicted octanol–water partition coefficient (Wildman–Crippen LogP) is 1.46. The summed E-state index contributed by atoms with van der Waals surface area (Å²) in [5.74, 6) is 1.19. The Balaban J connectivity index is 2.04. The Hall–Kier alpha value is -1.20. The lowest BCUT2D eigenvalue weighted by Gasteiger charge is -2.20. The second kappa shape index (κ2) is 5.84. The Bertz CT molecular complexity index is 498. The molecule has 2 rings (SSSR count). The molecular formula is C14H23N3O2. The minimum Gasteiger partial charge on any atom is -0.378 e. The molecule has 1 aliphatic rings. The first kappa shape index (κ1) is 14.2. The number of H-pyrrole nitrogens is 1. The molecule has 0 spiro atoms. The summed E-state index contributed by atoms with van der Waals surface area (Å²) in [6.45, 7) is 9.51. The summed E-state index contributed by atoms with van der Waals surface area (Å²) < 4.78 is 5.55. The van der Waals surface area contributed by atoms with Gasteiger partial charge in [-0.3, -0.25) is 4.79 Å². The van der Waals surface area contributed by atoms with E-state index >= 15 is 0 Å². The van der Waals surface area contributed by atoms with Gasteiger partial charge in [0.15, 0.2) is 0 Å². The number of hydrogen-bond donors (Lipinski definition) is 2. The lowest BCUT2D eigenvalue weighted by molar-refractivity contribution is 0.105. The molecule has 0 bridgehead atoms. The van der Waals surface area contributed by atoms with E-state index in [1.165, 1.54) is 0 Å². The van der Waals surface area contributed by atoms with Gasteiger partial charge in [0.05, 0.1) is 11.7 Å². The number of aryl methyl sites for hydroxylation is 2. The van der Waals surface area contributed by atoms with E-state index in [2.05, 4.69) is 22.2 Å². The van der Waals surface area contributed by atoms with Gasteiger partial charge < -0.3 is 15.0 Å². The van der Waals surface area contributed by atoms with Crippen LogP contribution in [0.25, 0.3) is 0 Å². The molecule has 1 aromatic heterocycles. The molecule has 0 amide bonds. The van der Waals surface area contributed by atoms with Gasteiger partial charge >= 0.3 is 0 Å². The maximum atomic E-state index is 12.0. The Morgan fingerprint density at radius 1 is 1.53 bits per heavy atom. The molecule has 1 saturated heterocycles. The Kier molecular flexibility index (Phi) is 4.37. The molecule has 0 radical (unpaired) electrons. The van der Waals surface area contributed by atoms with E-state index in [4.69, 9.17) is 4.74 Å². The van der Waals surface area contributed by atoms with Gasteiger partial charge in [0.1, 0.15) is 5.82 Å². The van der Waals surface area contributed by atoms with Crippen molar-refractivity contribution in [2.75, 3.05) is 13.2 Å². The van der Waals surface area contributed by atoms with Gasteiger partial charge in [-0.05, 0) is 40.0 Å². The third-order valence-electron chi connectivity index (χ3n) is 3.92. The first-order valence-electron chi connectivity index (χ1n) is 6.91. The Morgan fingerprint density at radius 3 is 2.84 bits per heavy atom. The summed E-state index contributed by atoms with van der Waals surface area (Å²) in [4.78, 5) is 19.1. The van der Waals surface area contributed by atoms with Crippen molar-refractivity contribution in [1.29, 1.82) is 0 Å². The minimum absolute atomic E-state index is 0.00431. The SMILES string of the molecule is Cc1nc(C)c(C(C)NCC2CCOC2C)c(=O)[nH]1. The number of nitrogens with zero attached hydrogens (tertiary/aromatic N) is 1. The first-order valence-corrected chi connectivity index (χ1v) is 6.91. The number of ether oxygens (including phenoxy) is 1. The first-order chi connectivity index (χ1) is 8.99. The van der Waals surface area contributed by atoms with E-state index in [-0.39, 0.29) is 11.6 Å². The summed E-state index contributed by atoms with van der Waals surface area (Å²) in [6, 6.07) is 0.00431. The molecule has 3 atom stereocenters. The molecule has 5 heteroatoms. The van der Waals surface area contributed by atoms with Crippen LogP contribution in [0.5, 0.6) is 0 Å². The van der Waals surface area contributed by atoms with Gasteiger partial charge in [0, 0.05) is 24.9 Å². The quantitative estimate of drug-likeness (QED) is 0.865. The third kappa shape index (κ3) is 3.22. The monoisotopic (exact) mass is 265 g/mol. The van der Waals surface area contributed by atoms with Crippen molar-refractivity contribution in [3.63, 3.8) is 0 Å². The van der Waals surface area contributed by atoms with Crippen LogP contribution >= 0.6 is 0 Å². The van der Waals surface area contributed by atoms with E-state index in [0.717, 1.165) is 30.8 Å². The summed E-state index contributed by atoms with van der Waals surface area (Å²) in [6.07, 6.45) is 1.39. The van der Waals surface area contributed by atoms with Gasteiger partial charge in [0.2, 0.25) is 0 Å². The topological polar surface area (TPSA) is 67.0 Å². The third-order valence-corrected chi connectivity index (χ3v) is 3.92. The molecule has 106 valence electrons. The average molecular weight is 265 g/mol. The van der Waals surface area contributed by atoms with Crippen LogP contribution < -0.4 is 10.9 Å². The van der Waals surface area contributed by atoms with E-state index in [1.54, 1.807) is 6.92 Å². The van der Waals surface area contributed by atoms with Crippen LogP contribution in [0.3, 0.4) is 0 Å². The van der Waals surface area contributed by atoms with Crippen molar-refractivity contribution in [2.24, 2.45) is 5.92 Å². The van der Waals surface area contributed by atoms with Crippen LogP contribution in [0.4, 0.5) is 0 Å². The normalized spacial score (nSPS) is 24.6. The van der Waals surface area contributed by atoms with Crippen molar-refractivity contribution in [2.45, 2.75) is 46.3 Å². The smallest absolute Gasteiger partial charge is 0.255 e. The van der Waals surface area contributed by atoms with E-state index < -0.39 is 0 Å². The molecular weight excluding hydrogens is 242 g/mol. The number of hydrogen-bond acceptors (Lipinski definition) is 4. The van der Waals surface area contributed by atoms with Gasteiger partial charge in [0.25, 0.3) is 5.56 Å². The molecule has 19 heavy (non-hydrogen) atoms. The highest BCUT2D eigenvalue weighted by Gasteiger charge is 2.25. The van der Waals surface area contributed by atoms with E-state index in [1.807, 2.05) is 13.8 Å². The number of aromatic nitrogens is 2. The summed E-state index contributed by atoms with van der Waals surface area (Å²) in [7, 11) is 0. The molecule has 0 saturated carbocycles. The number of rotatable bonds is 4. The molecule has 5 nitrogen and oxygen atoms in total. The van der Waals surface area contributed by atoms with Crippen molar-refractivity contribution >= 4 is 0 Å². The summed E-state index contributed by atoms with van der Waals surface area (Å²) in [5.41, 5.74) is 1.50. The minimum atomic E-state index is -0.0410. The molecule has 3 unspecified atom stereocenters. The maximum Gasteiger partial charge on any atom is 0.255 e. The van der Waals surface area contributed by atoms with Crippen molar-refractivity contribution in [3.8, 4) is 0 Å². The molecule has 0 aromatic carbocycles. The van der Waals surface area contributed by atoms with E-state index in [0.29, 0.717) is 17.8 Å². The summed E-state index contributed by atoms with van der Waals surface area (Å²) in [5, 5.41) is 3.43. The van der Waals surface area contributed by atoms with Crippen molar-refractivity contribution in [1.82, 2.24) is 15.3 Å². The number of aromatic amines is 1. The van der Waals surface area contributed by atoms with E-state index in [9.17, 15) is 4.79 Å². The highest BCUT2D eigenvalue weighted by molar-refractivity contribution is 5.20. The molecule has 0 aliphatic carbocycles. The lowest BCUT2D eigenvalue weighted by atomic mass is 10.0. The molecule has 1 fully saturated rings. The Labute approximate surface area is 113 Å². The average Bonchev–Trinajstić information content (AvgIpc) is 2.70. The van der Waals surface area contributed by atoms with Crippen LogP contribution in [0, 0.1) is 19.8 Å². The zero-order valence-corrected chi connectivity index (χ0v) is 12.1. The van der Waals surface area contributed by atoms with Crippen LogP contribution in [-0.2, 0) is 4.74 Å². The lowest BCUT2D eigenvalue weighted by Crippen LogP contribution is -2.33. The predicted molar refractivity (Wildman–Crippen MR) is 74.3 cm³/mol. The molecule has 1 aliphatic heterocycles. The zero-order valence-electron chi connectivity index (χ0n) is 12.1. The van der Waals surface area contributed by atoms with Gasteiger partial charge in [-0.25, -0.2) is 4.98 Å². The second-order valence-electron chi connectivity index (χ2n) is 5.41. The van der Waals surface area contributed by atoms with Crippen molar-refractivity contribution in [3.05, 3.63) is 27.4 Å². The van der Waals surface area contributed by atoms with Crippen LogP contribution in [0.15, 0.2) is 4.79 Å². The Morgan fingerprint density at radius 2 is 2.26 bits per heavy atom. The highest BCUT2D eigenvalue weighted by atomic mass is 16.5.